The molecule has 0 fully saturated rings. The van der Waals surface area contributed by atoms with E-state index < -0.39 is 0 Å². The smallest absolute Gasteiger partial charge is 0.136 e. The maximum Gasteiger partial charge on any atom is 0.136 e. The normalized spacial score (nSPS) is 11.6. The van der Waals surface area contributed by atoms with Crippen LogP contribution >= 0.6 is 0 Å². The molecule has 2 heteroatoms. The Kier molecular flexibility index (Phi) is 7.53. The molecule has 2 nitrogen and oxygen atoms in total. The minimum Gasteiger partial charge on any atom is -0.456 e. The fourth-order valence-corrected chi connectivity index (χ4v) is 8.54. The van der Waals surface area contributed by atoms with E-state index in [9.17, 15) is 0 Å². The van der Waals surface area contributed by atoms with E-state index in [2.05, 4.69) is 205 Å². The fourth-order valence-electron chi connectivity index (χ4n) is 8.54. The number of rotatable bonds is 6. The Balaban J connectivity index is 1.02. The largest absolute Gasteiger partial charge is 0.456 e. The molecule has 0 saturated heterocycles. The number of hydrogen-bond donors (Lipinski definition) is 0. The third-order valence-corrected chi connectivity index (χ3v) is 11.2. The summed E-state index contributed by atoms with van der Waals surface area (Å²) in [4.78, 5) is 2.36. The molecule has 0 bridgehead atoms. The Morgan fingerprint density at radius 1 is 0.286 bits per heavy atom. The lowest BCUT2D eigenvalue weighted by Gasteiger charge is -2.26. The summed E-state index contributed by atoms with van der Waals surface area (Å²) >= 11 is 0. The van der Waals surface area contributed by atoms with Crippen LogP contribution in [-0.2, 0) is 0 Å². The fraction of sp³-hybridized carbons (Fsp3) is 0. The minimum absolute atomic E-state index is 0.902. The summed E-state index contributed by atoms with van der Waals surface area (Å²) in [5.41, 5.74) is 12.2. The molecule has 0 atom stereocenters. The lowest BCUT2D eigenvalue weighted by Crippen LogP contribution is -2.10. The average Bonchev–Trinajstić information content (AvgIpc) is 3.66. The first-order chi connectivity index (χ1) is 27.7. The Hall–Kier alpha value is -7.42. The molecule has 0 spiro atoms. The van der Waals surface area contributed by atoms with Gasteiger partial charge >= 0.3 is 0 Å². The Morgan fingerprint density at radius 3 is 1.68 bits per heavy atom. The second-order valence-electron chi connectivity index (χ2n) is 14.5. The molecule has 0 aliphatic heterocycles. The van der Waals surface area contributed by atoms with Crippen molar-refractivity contribution < 1.29 is 4.42 Å². The first-order valence-electron chi connectivity index (χ1n) is 19.2. The maximum absolute atomic E-state index is 6.24. The molecule has 0 amide bonds. The van der Waals surface area contributed by atoms with E-state index in [0.29, 0.717) is 0 Å². The van der Waals surface area contributed by atoms with Crippen LogP contribution in [0.2, 0.25) is 0 Å². The van der Waals surface area contributed by atoms with Gasteiger partial charge in [-0.3, -0.25) is 0 Å². The molecule has 56 heavy (non-hydrogen) atoms. The first kappa shape index (κ1) is 32.0. The number of fused-ring (bicyclic) bond motifs is 7. The van der Waals surface area contributed by atoms with Crippen LogP contribution in [-0.4, -0.2) is 0 Å². The van der Waals surface area contributed by atoms with E-state index >= 15 is 0 Å². The molecule has 11 rings (SSSR count). The van der Waals surface area contributed by atoms with Crippen molar-refractivity contribution in [2.45, 2.75) is 0 Å². The van der Waals surface area contributed by atoms with Crippen LogP contribution in [0.3, 0.4) is 0 Å². The van der Waals surface area contributed by atoms with Crippen LogP contribution in [0.15, 0.2) is 217 Å². The van der Waals surface area contributed by atoms with Gasteiger partial charge in [-0.05, 0) is 120 Å². The van der Waals surface area contributed by atoms with Gasteiger partial charge in [0.2, 0.25) is 0 Å². The Bertz CT molecular complexity index is 3240. The summed E-state index contributed by atoms with van der Waals surface area (Å²) in [5, 5.41) is 9.84. The van der Waals surface area contributed by atoms with Crippen molar-refractivity contribution in [1.82, 2.24) is 0 Å². The monoisotopic (exact) mass is 713 g/mol. The molecule has 1 heterocycles. The average molecular weight is 714 g/mol. The maximum atomic E-state index is 6.24. The number of anilines is 3. The predicted octanol–water partition coefficient (Wildman–Crippen LogP) is 15.5. The quantitative estimate of drug-likeness (QED) is 0.160. The van der Waals surface area contributed by atoms with Crippen LogP contribution in [0, 0.1) is 0 Å². The molecule has 1 aromatic heterocycles. The summed E-state index contributed by atoms with van der Waals surface area (Å²) in [5.74, 6) is 0. The lowest BCUT2D eigenvalue weighted by atomic mass is 9.96. The van der Waals surface area contributed by atoms with Crippen molar-refractivity contribution >= 4 is 71.3 Å². The second-order valence-corrected chi connectivity index (χ2v) is 14.5. The third kappa shape index (κ3) is 5.42. The van der Waals surface area contributed by atoms with E-state index in [1.807, 2.05) is 12.1 Å². The molecule has 262 valence electrons. The van der Waals surface area contributed by atoms with Gasteiger partial charge in [0.05, 0.1) is 0 Å². The van der Waals surface area contributed by atoms with E-state index in [4.69, 9.17) is 4.42 Å². The first-order valence-corrected chi connectivity index (χ1v) is 19.2. The summed E-state index contributed by atoms with van der Waals surface area (Å²) in [6, 6.07) is 76.5. The van der Waals surface area contributed by atoms with Gasteiger partial charge in [0.1, 0.15) is 11.2 Å². The number of nitrogens with zero attached hydrogens (tertiary/aromatic N) is 1. The molecule has 10 aromatic carbocycles. The number of para-hydroxylation sites is 1. The van der Waals surface area contributed by atoms with Crippen molar-refractivity contribution in [3.05, 3.63) is 212 Å². The van der Waals surface area contributed by atoms with E-state index in [1.54, 1.807) is 0 Å². The Morgan fingerprint density at radius 2 is 0.857 bits per heavy atom. The van der Waals surface area contributed by atoms with E-state index in [1.165, 1.54) is 54.6 Å². The minimum atomic E-state index is 0.902. The van der Waals surface area contributed by atoms with Crippen LogP contribution in [0.1, 0.15) is 0 Å². The van der Waals surface area contributed by atoms with Gasteiger partial charge in [0.25, 0.3) is 0 Å². The van der Waals surface area contributed by atoms with Gasteiger partial charge in [-0.2, -0.15) is 0 Å². The third-order valence-electron chi connectivity index (χ3n) is 11.2. The van der Waals surface area contributed by atoms with Gasteiger partial charge in [-0.1, -0.05) is 158 Å². The van der Waals surface area contributed by atoms with Crippen molar-refractivity contribution in [3.63, 3.8) is 0 Å². The van der Waals surface area contributed by atoms with Gasteiger partial charge < -0.3 is 9.32 Å². The molecule has 0 saturated carbocycles. The van der Waals surface area contributed by atoms with Crippen molar-refractivity contribution in [2.75, 3.05) is 4.90 Å². The molecule has 0 N–H and O–H groups in total. The summed E-state index contributed by atoms with van der Waals surface area (Å²) in [6.45, 7) is 0. The second kappa shape index (κ2) is 13.2. The van der Waals surface area contributed by atoms with E-state index in [-0.39, 0.29) is 0 Å². The highest BCUT2D eigenvalue weighted by Crippen LogP contribution is 2.41. The molecule has 0 aliphatic rings. The van der Waals surface area contributed by atoms with Crippen LogP contribution in [0.4, 0.5) is 17.1 Å². The van der Waals surface area contributed by atoms with Gasteiger partial charge in [-0.25, -0.2) is 0 Å². The standard InChI is InChI=1S/C54H35NO/c1-3-15-46-37(10-1)12-8-18-48(46)41-13-7-14-45(35-41)55(44-31-26-39(27-32-44)50-19-9-21-53-54(50)51-17-5-6-20-52(51)56-53)43-29-24-36(25-30-43)40-28-33-49-42(34-40)23-22-38-11-2-4-16-47(38)49/h1-35H. The number of furan rings is 1. The van der Waals surface area contributed by atoms with Crippen molar-refractivity contribution in [3.8, 4) is 33.4 Å². The summed E-state index contributed by atoms with van der Waals surface area (Å²) in [7, 11) is 0. The Labute approximate surface area is 325 Å². The predicted molar refractivity (Wildman–Crippen MR) is 237 cm³/mol. The van der Waals surface area contributed by atoms with Crippen LogP contribution in [0.25, 0.3) is 87.6 Å². The van der Waals surface area contributed by atoms with Gasteiger partial charge in [0.15, 0.2) is 0 Å². The highest BCUT2D eigenvalue weighted by atomic mass is 16.3. The molecule has 0 aliphatic carbocycles. The van der Waals surface area contributed by atoms with Gasteiger partial charge in [-0.15, -0.1) is 0 Å². The molecule has 0 unspecified atom stereocenters. The van der Waals surface area contributed by atoms with Crippen LogP contribution < -0.4 is 4.90 Å². The van der Waals surface area contributed by atoms with E-state index in [0.717, 1.165) is 50.1 Å². The number of hydrogen-bond acceptors (Lipinski definition) is 2. The zero-order chi connectivity index (χ0) is 37.0. The summed E-state index contributed by atoms with van der Waals surface area (Å²) in [6.07, 6.45) is 0. The summed E-state index contributed by atoms with van der Waals surface area (Å²) < 4.78 is 6.24. The van der Waals surface area contributed by atoms with Crippen LogP contribution in [0.5, 0.6) is 0 Å². The van der Waals surface area contributed by atoms with Gasteiger partial charge in [0, 0.05) is 27.8 Å². The highest BCUT2D eigenvalue weighted by molar-refractivity contribution is 6.12. The molecular formula is C54H35NO. The lowest BCUT2D eigenvalue weighted by molar-refractivity contribution is 0.669. The number of benzene rings is 10. The highest BCUT2D eigenvalue weighted by Gasteiger charge is 2.17. The SMILES string of the molecule is c1cc(-c2cccc3ccccc23)cc(N(c2ccc(-c3ccc4c(ccc5ccccc54)c3)cc2)c2ccc(-c3cccc4oc5ccccc5c34)cc2)c1. The van der Waals surface area contributed by atoms with Crippen molar-refractivity contribution in [2.24, 2.45) is 0 Å². The zero-order valence-electron chi connectivity index (χ0n) is 30.6. The van der Waals surface area contributed by atoms with Crippen molar-refractivity contribution in [1.29, 1.82) is 0 Å². The topological polar surface area (TPSA) is 16.4 Å². The molecular weight excluding hydrogens is 679 g/mol. The molecule has 0 radical (unpaired) electrons. The zero-order valence-corrected chi connectivity index (χ0v) is 30.6. The molecule has 11 aromatic rings.